The van der Waals surface area contributed by atoms with Crippen LogP contribution in [0.25, 0.3) is 0 Å². The van der Waals surface area contributed by atoms with Gasteiger partial charge in [0.1, 0.15) is 13.2 Å². The fraction of sp³-hybridized carbons (Fsp3) is 0.579. The molecule has 8 nitrogen and oxygen atoms in total. The summed E-state index contributed by atoms with van der Waals surface area (Å²) >= 11 is 0. The summed E-state index contributed by atoms with van der Waals surface area (Å²) in [4.78, 5) is 45.2. The average molecular weight is 384 g/mol. The van der Waals surface area contributed by atoms with Crippen molar-refractivity contribution in [3.05, 3.63) is 24.3 Å². The van der Waals surface area contributed by atoms with Crippen LogP contribution >= 0.6 is 0 Å². The molecular formula is C19H28O8. The summed E-state index contributed by atoms with van der Waals surface area (Å²) in [5, 5.41) is 0. The normalized spacial score (nSPS) is 9.85. The molecule has 0 saturated heterocycles. The Morgan fingerprint density at radius 2 is 0.963 bits per heavy atom. The molecule has 0 aromatic rings. The molecule has 0 fully saturated rings. The van der Waals surface area contributed by atoms with Crippen molar-refractivity contribution in [1.29, 1.82) is 0 Å². The standard InChI is InChI=1S/C19H28O8/c1-14(18(22)24-3)12-26-16(20)10-8-6-5-7-9-11-17(21)27-13-15(2)19(23)25-4/h1-2,5-13H2,3-4H3. The summed E-state index contributed by atoms with van der Waals surface area (Å²) < 4.78 is 18.7. The van der Waals surface area contributed by atoms with Crippen LogP contribution in [0.3, 0.4) is 0 Å². The molecule has 0 heterocycles. The van der Waals surface area contributed by atoms with E-state index in [0.717, 1.165) is 19.3 Å². The maximum absolute atomic E-state index is 11.5. The summed E-state index contributed by atoms with van der Waals surface area (Å²) in [5.41, 5.74) is 0.181. The minimum atomic E-state index is -0.601. The summed E-state index contributed by atoms with van der Waals surface area (Å²) in [6.45, 7) is 6.58. The van der Waals surface area contributed by atoms with Gasteiger partial charge in [-0.2, -0.15) is 0 Å². The van der Waals surface area contributed by atoms with Crippen LogP contribution in [-0.4, -0.2) is 51.3 Å². The van der Waals surface area contributed by atoms with Crippen LogP contribution in [0.4, 0.5) is 0 Å². The van der Waals surface area contributed by atoms with E-state index in [2.05, 4.69) is 22.6 Å². The Morgan fingerprint density at radius 3 is 1.30 bits per heavy atom. The van der Waals surface area contributed by atoms with Crippen LogP contribution in [0.15, 0.2) is 24.3 Å². The molecule has 0 aromatic carbocycles. The number of unbranched alkanes of at least 4 members (excludes halogenated alkanes) is 4. The van der Waals surface area contributed by atoms with Gasteiger partial charge in [-0.3, -0.25) is 9.59 Å². The molecule has 0 aliphatic carbocycles. The third-order valence-electron chi connectivity index (χ3n) is 3.52. The summed E-state index contributed by atoms with van der Waals surface area (Å²) in [7, 11) is 2.46. The smallest absolute Gasteiger partial charge is 0.336 e. The van der Waals surface area contributed by atoms with Crippen molar-refractivity contribution >= 4 is 23.9 Å². The van der Waals surface area contributed by atoms with Crippen LogP contribution < -0.4 is 0 Å². The number of hydrogen-bond acceptors (Lipinski definition) is 8. The lowest BCUT2D eigenvalue weighted by atomic mass is 10.1. The van der Waals surface area contributed by atoms with Gasteiger partial charge < -0.3 is 18.9 Å². The van der Waals surface area contributed by atoms with Gasteiger partial charge in [-0.25, -0.2) is 9.59 Å². The van der Waals surface area contributed by atoms with Crippen LogP contribution in [0.2, 0.25) is 0 Å². The predicted octanol–water partition coefficient (Wildman–Crippen LogP) is 2.26. The van der Waals surface area contributed by atoms with E-state index in [9.17, 15) is 19.2 Å². The van der Waals surface area contributed by atoms with Crippen molar-refractivity contribution in [3.63, 3.8) is 0 Å². The lowest BCUT2D eigenvalue weighted by Gasteiger charge is -2.07. The number of carbonyl (C=O) groups excluding carboxylic acids is 4. The molecule has 0 N–H and O–H groups in total. The van der Waals surface area contributed by atoms with Crippen LogP contribution in [0.5, 0.6) is 0 Å². The Labute approximate surface area is 159 Å². The van der Waals surface area contributed by atoms with Crippen LogP contribution in [-0.2, 0) is 38.1 Å². The van der Waals surface area contributed by atoms with E-state index in [-0.39, 0.29) is 37.2 Å². The number of methoxy groups -OCH3 is 2. The molecule has 152 valence electrons. The number of rotatable bonds is 14. The van der Waals surface area contributed by atoms with Crippen molar-refractivity contribution in [2.24, 2.45) is 0 Å². The molecule has 0 aliphatic heterocycles. The molecule has 0 saturated carbocycles. The van der Waals surface area contributed by atoms with Gasteiger partial charge in [0.25, 0.3) is 0 Å². The fourth-order valence-corrected chi connectivity index (χ4v) is 1.96. The monoisotopic (exact) mass is 384 g/mol. The average Bonchev–Trinajstić information content (AvgIpc) is 2.67. The minimum Gasteiger partial charge on any atom is -0.466 e. The van der Waals surface area contributed by atoms with Gasteiger partial charge in [-0.15, -0.1) is 0 Å². The first-order valence-corrected chi connectivity index (χ1v) is 8.65. The van der Waals surface area contributed by atoms with Gasteiger partial charge in [0.05, 0.1) is 25.4 Å². The predicted molar refractivity (Wildman–Crippen MR) is 96.5 cm³/mol. The van der Waals surface area contributed by atoms with Crippen molar-refractivity contribution in [1.82, 2.24) is 0 Å². The molecule has 0 amide bonds. The second kappa shape index (κ2) is 14.5. The largest absolute Gasteiger partial charge is 0.466 e. The first-order chi connectivity index (χ1) is 12.8. The van der Waals surface area contributed by atoms with E-state index in [1.54, 1.807) is 0 Å². The quantitative estimate of drug-likeness (QED) is 0.194. The van der Waals surface area contributed by atoms with Gasteiger partial charge in [-0.1, -0.05) is 32.4 Å². The van der Waals surface area contributed by atoms with E-state index in [0.29, 0.717) is 12.8 Å². The molecule has 0 radical (unpaired) electrons. The number of esters is 4. The number of ether oxygens (including phenoxy) is 4. The molecule has 0 unspecified atom stereocenters. The lowest BCUT2D eigenvalue weighted by Crippen LogP contribution is -2.13. The highest BCUT2D eigenvalue weighted by Gasteiger charge is 2.11. The zero-order chi connectivity index (χ0) is 20.7. The Balaban J connectivity index is 3.61. The van der Waals surface area contributed by atoms with Crippen molar-refractivity contribution < 1.29 is 38.1 Å². The highest BCUT2D eigenvalue weighted by atomic mass is 16.6. The second-order valence-corrected chi connectivity index (χ2v) is 5.78. The zero-order valence-corrected chi connectivity index (χ0v) is 16.0. The Kier molecular flexibility index (Phi) is 13.1. The highest BCUT2D eigenvalue weighted by molar-refractivity contribution is 5.88. The van der Waals surface area contributed by atoms with Crippen molar-refractivity contribution in [2.45, 2.75) is 44.9 Å². The van der Waals surface area contributed by atoms with Gasteiger partial charge >= 0.3 is 23.9 Å². The van der Waals surface area contributed by atoms with Crippen LogP contribution in [0.1, 0.15) is 44.9 Å². The molecule has 0 bridgehead atoms. The summed E-state index contributed by atoms with van der Waals surface area (Å²) in [5.74, 6) is -1.99. The SMILES string of the molecule is C=C(COC(=O)CCCCCCCC(=O)OCC(=C)C(=O)OC)C(=O)OC. The molecule has 0 atom stereocenters. The van der Waals surface area contributed by atoms with E-state index < -0.39 is 23.9 Å². The minimum absolute atomic E-state index is 0.0906. The zero-order valence-electron chi connectivity index (χ0n) is 16.0. The Bertz CT molecular complexity index is 502. The van der Waals surface area contributed by atoms with Gasteiger partial charge in [0.15, 0.2) is 0 Å². The maximum atomic E-state index is 11.5. The van der Waals surface area contributed by atoms with Crippen molar-refractivity contribution in [3.8, 4) is 0 Å². The van der Waals surface area contributed by atoms with Crippen LogP contribution in [0, 0.1) is 0 Å². The van der Waals surface area contributed by atoms with E-state index in [1.807, 2.05) is 0 Å². The lowest BCUT2D eigenvalue weighted by molar-refractivity contribution is -0.145. The van der Waals surface area contributed by atoms with E-state index >= 15 is 0 Å². The summed E-state index contributed by atoms with van der Waals surface area (Å²) in [6.07, 6.45) is 4.34. The molecule has 27 heavy (non-hydrogen) atoms. The third kappa shape index (κ3) is 12.4. The molecule has 0 rings (SSSR count). The maximum Gasteiger partial charge on any atom is 0.336 e. The molecular weight excluding hydrogens is 356 g/mol. The first kappa shape index (κ1) is 24.4. The van der Waals surface area contributed by atoms with Gasteiger partial charge in [-0.05, 0) is 12.8 Å². The fourth-order valence-electron chi connectivity index (χ4n) is 1.96. The van der Waals surface area contributed by atoms with E-state index in [4.69, 9.17) is 9.47 Å². The highest BCUT2D eigenvalue weighted by Crippen LogP contribution is 2.09. The first-order valence-electron chi connectivity index (χ1n) is 8.65. The second-order valence-electron chi connectivity index (χ2n) is 5.78. The molecule has 8 heteroatoms. The number of hydrogen-bond donors (Lipinski definition) is 0. The van der Waals surface area contributed by atoms with Gasteiger partial charge in [0.2, 0.25) is 0 Å². The molecule has 0 aromatic heterocycles. The molecule has 0 spiro atoms. The topological polar surface area (TPSA) is 105 Å². The molecule has 0 aliphatic rings. The van der Waals surface area contributed by atoms with Crippen molar-refractivity contribution in [2.75, 3.05) is 27.4 Å². The van der Waals surface area contributed by atoms with E-state index in [1.165, 1.54) is 14.2 Å². The summed E-state index contributed by atoms with van der Waals surface area (Å²) in [6, 6.07) is 0. The van der Waals surface area contributed by atoms with Gasteiger partial charge in [0, 0.05) is 12.8 Å². The number of carbonyl (C=O) groups is 4. The Hall–Kier alpha value is -2.64. The Morgan fingerprint density at radius 1 is 0.630 bits per heavy atom. The third-order valence-corrected chi connectivity index (χ3v) is 3.52.